The van der Waals surface area contributed by atoms with Crippen molar-refractivity contribution in [1.29, 1.82) is 0 Å². The fraction of sp³-hybridized carbons (Fsp3) is 0.364. The number of halogens is 2. The lowest BCUT2D eigenvalue weighted by Gasteiger charge is -2.25. The van der Waals surface area contributed by atoms with E-state index in [9.17, 15) is 28.7 Å². The number of pyridine rings is 1. The molecule has 0 bridgehead atoms. The number of carbonyl (C=O) groups excluding carboxylic acids is 3. The Bertz CT molecular complexity index is 1490. The summed E-state index contributed by atoms with van der Waals surface area (Å²) < 4.78 is 25.6. The van der Waals surface area contributed by atoms with Gasteiger partial charge in [0.05, 0.1) is 36.9 Å². The van der Waals surface area contributed by atoms with Crippen LogP contribution in [0.25, 0.3) is 0 Å². The molecule has 13 heteroatoms. The van der Waals surface area contributed by atoms with Crippen LogP contribution in [0.3, 0.4) is 0 Å². The van der Waals surface area contributed by atoms with E-state index in [0.717, 1.165) is 17.5 Å². The predicted octanol–water partition coefficient (Wildman–Crippen LogP) is 5.00. The number of amides is 2. The van der Waals surface area contributed by atoms with Crippen molar-refractivity contribution in [1.82, 2.24) is 15.6 Å². The van der Waals surface area contributed by atoms with Crippen LogP contribution in [0.2, 0.25) is 5.02 Å². The molecule has 2 aromatic carbocycles. The van der Waals surface area contributed by atoms with Crippen molar-refractivity contribution in [3.8, 4) is 11.5 Å². The van der Waals surface area contributed by atoms with Gasteiger partial charge < -0.3 is 25.2 Å². The van der Waals surface area contributed by atoms with E-state index in [2.05, 4.69) is 15.6 Å². The Morgan fingerprint density at radius 1 is 1.04 bits per heavy atom. The number of carboxylic acids is 1. The second kappa shape index (κ2) is 18.1. The molecule has 10 nitrogen and oxygen atoms in total. The van der Waals surface area contributed by atoms with Crippen LogP contribution >= 0.6 is 23.4 Å². The monoisotopic (exact) mass is 673 g/mol. The Morgan fingerprint density at radius 3 is 2.48 bits per heavy atom. The third-order valence-corrected chi connectivity index (χ3v) is 8.03. The lowest BCUT2D eigenvalue weighted by molar-refractivity contribution is -0.140. The van der Waals surface area contributed by atoms with Gasteiger partial charge >= 0.3 is 5.97 Å². The molecule has 0 aliphatic rings. The number of aliphatic carboxylic acids is 1. The molecule has 46 heavy (non-hydrogen) atoms. The van der Waals surface area contributed by atoms with Gasteiger partial charge in [0.1, 0.15) is 30.0 Å². The largest absolute Gasteiger partial charge is 0.494 e. The molecule has 3 aromatic rings. The van der Waals surface area contributed by atoms with E-state index in [1.54, 1.807) is 44.3 Å². The summed E-state index contributed by atoms with van der Waals surface area (Å²) in [6, 6.07) is 12.4. The molecule has 2 amide bonds. The number of hydrogen-bond acceptors (Lipinski definition) is 8. The summed E-state index contributed by atoms with van der Waals surface area (Å²) in [4.78, 5) is 55.2. The molecule has 0 spiro atoms. The Hall–Kier alpha value is -4.16. The van der Waals surface area contributed by atoms with Gasteiger partial charge in [0, 0.05) is 28.1 Å². The number of hydrogen-bond donors (Lipinski definition) is 3. The quantitative estimate of drug-likeness (QED) is 0.170. The van der Waals surface area contributed by atoms with Crippen LogP contribution in [-0.4, -0.2) is 58.1 Å². The maximum atomic E-state index is 14.1. The van der Waals surface area contributed by atoms with E-state index in [1.807, 2.05) is 19.1 Å². The fourth-order valence-corrected chi connectivity index (χ4v) is 5.67. The zero-order chi connectivity index (χ0) is 33.6. The Morgan fingerprint density at radius 2 is 1.83 bits per heavy atom. The second-order valence-corrected chi connectivity index (χ2v) is 12.0. The number of nitrogens with one attached hydrogen (secondary N) is 2. The molecule has 3 N–H and O–H groups in total. The summed E-state index contributed by atoms with van der Waals surface area (Å²) in [5.74, 6) is -3.11. The van der Waals surface area contributed by atoms with E-state index in [1.165, 1.54) is 18.2 Å². The average Bonchev–Trinajstić information content (AvgIpc) is 3.01. The first kappa shape index (κ1) is 36.3. The fourth-order valence-electron chi connectivity index (χ4n) is 4.36. The maximum Gasteiger partial charge on any atom is 0.305 e. The van der Waals surface area contributed by atoms with E-state index < -0.39 is 53.8 Å². The molecular formula is C33H37ClFN3O7S. The summed E-state index contributed by atoms with van der Waals surface area (Å²) in [7, 11) is 0. The smallest absolute Gasteiger partial charge is 0.305 e. The van der Waals surface area contributed by atoms with Crippen LogP contribution in [-0.2, 0) is 38.0 Å². The number of nitrogens with zero attached hydrogens (tertiary/aromatic N) is 1. The third kappa shape index (κ3) is 11.3. The summed E-state index contributed by atoms with van der Waals surface area (Å²) in [5, 5.41) is 14.8. The van der Waals surface area contributed by atoms with Gasteiger partial charge in [-0.15, -0.1) is 11.8 Å². The SMILES string of the molecule is CCOc1ccc(OCc2ccccn2)cc1CC(=O)NC(C(=O)NC(CC(=O)O)C(=O)CSCc1c(F)cccc1Cl)C(C)C. The molecule has 1 aromatic heterocycles. The number of ketones is 1. The number of thioether (sulfide) groups is 1. The van der Waals surface area contributed by atoms with Crippen molar-refractivity contribution < 1.29 is 38.1 Å². The van der Waals surface area contributed by atoms with Crippen molar-refractivity contribution in [3.63, 3.8) is 0 Å². The lowest BCUT2D eigenvalue weighted by Crippen LogP contribution is -2.54. The van der Waals surface area contributed by atoms with Crippen molar-refractivity contribution in [2.75, 3.05) is 12.4 Å². The van der Waals surface area contributed by atoms with Gasteiger partial charge in [-0.05, 0) is 55.3 Å². The van der Waals surface area contributed by atoms with Gasteiger partial charge in [-0.25, -0.2) is 4.39 Å². The van der Waals surface area contributed by atoms with Crippen molar-refractivity contribution in [2.45, 2.75) is 58.1 Å². The van der Waals surface area contributed by atoms with E-state index in [-0.39, 0.29) is 35.1 Å². The van der Waals surface area contributed by atoms with E-state index in [4.69, 9.17) is 21.1 Å². The topological polar surface area (TPSA) is 144 Å². The summed E-state index contributed by atoms with van der Waals surface area (Å²) in [5.41, 5.74) is 1.49. The molecule has 0 saturated carbocycles. The molecule has 0 saturated heterocycles. The number of benzene rings is 2. The minimum atomic E-state index is -1.36. The highest BCUT2D eigenvalue weighted by Gasteiger charge is 2.30. The van der Waals surface area contributed by atoms with Crippen molar-refractivity contribution in [2.24, 2.45) is 5.92 Å². The molecule has 3 rings (SSSR count). The van der Waals surface area contributed by atoms with Crippen molar-refractivity contribution >= 4 is 46.9 Å². The summed E-state index contributed by atoms with van der Waals surface area (Å²) >= 11 is 7.10. The minimum absolute atomic E-state index is 0.0782. The van der Waals surface area contributed by atoms with Gasteiger partial charge in [0.25, 0.3) is 0 Å². The minimum Gasteiger partial charge on any atom is -0.494 e. The zero-order valence-corrected chi connectivity index (χ0v) is 27.3. The normalized spacial score (nSPS) is 12.2. The molecule has 246 valence electrons. The number of rotatable bonds is 18. The zero-order valence-electron chi connectivity index (χ0n) is 25.8. The molecule has 0 radical (unpaired) electrons. The first-order chi connectivity index (χ1) is 22.0. The molecule has 0 aliphatic heterocycles. The second-order valence-electron chi connectivity index (χ2n) is 10.6. The Kier molecular flexibility index (Phi) is 14.3. The summed E-state index contributed by atoms with van der Waals surface area (Å²) in [6.45, 7) is 5.83. The van der Waals surface area contributed by atoms with Gasteiger partial charge in [-0.1, -0.05) is 37.6 Å². The number of carboxylic acid groups (broad SMARTS) is 1. The highest BCUT2D eigenvalue weighted by molar-refractivity contribution is 7.99. The summed E-state index contributed by atoms with van der Waals surface area (Å²) in [6.07, 6.45) is 0.865. The lowest BCUT2D eigenvalue weighted by atomic mass is 10.0. The van der Waals surface area contributed by atoms with Gasteiger partial charge in [-0.2, -0.15) is 0 Å². The maximum absolute atomic E-state index is 14.1. The number of Topliss-reactive ketones (excluding diaryl/α,β-unsaturated/α-hetero) is 1. The number of aromatic nitrogens is 1. The molecule has 0 fully saturated rings. The van der Waals surface area contributed by atoms with Crippen LogP contribution in [0.15, 0.2) is 60.8 Å². The molecule has 2 atom stereocenters. The number of ether oxygens (including phenoxy) is 2. The molecular weight excluding hydrogens is 637 g/mol. The van der Waals surface area contributed by atoms with Gasteiger partial charge in [-0.3, -0.25) is 24.2 Å². The Labute approximate surface area is 276 Å². The van der Waals surface area contributed by atoms with E-state index in [0.29, 0.717) is 23.7 Å². The van der Waals surface area contributed by atoms with Crippen LogP contribution in [0.4, 0.5) is 4.39 Å². The van der Waals surface area contributed by atoms with Crippen LogP contribution < -0.4 is 20.1 Å². The first-order valence-electron chi connectivity index (χ1n) is 14.6. The number of carbonyl (C=O) groups is 4. The highest BCUT2D eigenvalue weighted by atomic mass is 35.5. The van der Waals surface area contributed by atoms with Crippen LogP contribution in [0, 0.1) is 11.7 Å². The molecule has 2 unspecified atom stereocenters. The van der Waals surface area contributed by atoms with Crippen LogP contribution in [0.5, 0.6) is 11.5 Å². The first-order valence-corrected chi connectivity index (χ1v) is 16.1. The van der Waals surface area contributed by atoms with Gasteiger partial charge in [0.2, 0.25) is 11.8 Å². The highest BCUT2D eigenvalue weighted by Crippen LogP contribution is 2.26. The molecule has 1 heterocycles. The van der Waals surface area contributed by atoms with E-state index >= 15 is 0 Å². The Balaban J connectivity index is 1.66. The average molecular weight is 674 g/mol. The van der Waals surface area contributed by atoms with Crippen LogP contribution in [0.1, 0.15) is 44.0 Å². The van der Waals surface area contributed by atoms with Gasteiger partial charge in [0.15, 0.2) is 5.78 Å². The third-order valence-electron chi connectivity index (χ3n) is 6.70. The predicted molar refractivity (Wildman–Crippen MR) is 173 cm³/mol. The standard InChI is InChI=1S/C33H37ClFN3O7S/c1-4-44-29-12-11-23(45-17-22-8-5-6-13-36-22)14-21(29)15-30(40)38-32(20(2)3)33(43)37-27(16-31(41)42)28(39)19-46-18-24-25(34)9-7-10-26(24)35/h5-14,20,27,32H,4,15-19H2,1-3H3,(H,37,43)(H,38,40)(H,41,42). The molecule has 0 aliphatic carbocycles. The van der Waals surface area contributed by atoms with Crippen molar-refractivity contribution in [3.05, 3.63) is 88.5 Å².